The van der Waals surface area contributed by atoms with E-state index < -0.39 is 0 Å². The number of fused-ring (bicyclic) bond motifs is 1. The van der Waals surface area contributed by atoms with Gasteiger partial charge in [-0.3, -0.25) is 0 Å². The quantitative estimate of drug-likeness (QED) is 0.587. The van der Waals surface area contributed by atoms with E-state index in [9.17, 15) is 0 Å². The second-order valence-corrected chi connectivity index (χ2v) is 5.84. The second-order valence-electron chi connectivity index (χ2n) is 5.84. The Balaban J connectivity index is 2.71. The van der Waals surface area contributed by atoms with Crippen LogP contribution < -0.4 is 0 Å². The van der Waals surface area contributed by atoms with Crippen molar-refractivity contribution >= 4 is 0 Å². The highest BCUT2D eigenvalue weighted by Gasteiger charge is 2.42. The van der Waals surface area contributed by atoms with E-state index in [0.717, 1.165) is 5.92 Å². The lowest BCUT2D eigenvalue weighted by Crippen LogP contribution is -2.22. The normalized spacial score (nSPS) is 27.9. The Bertz CT molecular complexity index is 399. The Morgan fingerprint density at radius 3 is 2.27 bits per heavy atom. The van der Waals surface area contributed by atoms with Crippen LogP contribution in [-0.4, -0.2) is 0 Å². The van der Waals surface area contributed by atoms with E-state index in [1.165, 1.54) is 11.1 Å². The molecule has 0 amide bonds. The van der Waals surface area contributed by atoms with Crippen LogP contribution in [0.1, 0.15) is 55.9 Å². The lowest BCUT2D eigenvalue weighted by Gasteiger charge is -2.27. The summed E-state index contributed by atoms with van der Waals surface area (Å²) in [6.45, 7) is 14.0. The van der Waals surface area contributed by atoms with E-state index in [1.807, 2.05) is 0 Å². The lowest BCUT2D eigenvalue weighted by molar-refractivity contribution is 0.342. The van der Waals surface area contributed by atoms with Gasteiger partial charge in [0.05, 0.1) is 0 Å². The molecular weight excluding hydrogens is 180 g/mol. The largest absolute Gasteiger partial charge is 0.0611 e. The Labute approximate surface area is 93.7 Å². The van der Waals surface area contributed by atoms with E-state index in [1.54, 1.807) is 11.1 Å². The van der Waals surface area contributed by atoms with Crippen LogP contribution in [-0.2, 0) is 5.41 Å². The molecule has 1 aromatic rings. The Hall–Kier alpha value is -0.780. The zero-order valence-electron chi connectivity index (χ0n) is 10.8. The minimum atomic E-state index is 0.339. The average Bonchev–Trinajstić information content (AvgIpc) is 2.28. The van der Waals surface area contributed by atoms with Crippen LogP contribution in [0.4, 0.5) is 0 Å². The van der Waals surface area contributed by atoms with E-state index in [4.69, 9.17) is 0 Å². The van der Waals surface area contributed by atoms with Gasteiger partial charge in [-0.2, -0.15) is 0 Å². The lowest BCUT2D eigenvalue weighted by atomic mass is 9.77. The van der Waals surface area contributed by atoms with E-state index in [-0.39, 0.29) is 0 Å². The summed E-state index contributed by atoms with van der Waals surface area (Å²) in [5.41, 5.74) is 6.42. The van der Waals surface area contributed by atoms with Crippen molar-refractivity contribution in [2.45, 2.75) is 52.9 Å². The summed E-state index contributed by atoms with van der Waals surface area (Å²) in [6.07, 6.45) is 0. The summed E-state index contributed by atoms with van der Waals surface area (Å²) >= 11 is 0. The second kappa shape index (κ2) is 3.10. The molecule has 0 radical (unpaired) electrons. The van der Waals surface area contributed by atoms with E-state index >= 15 is 0 Å². The standard InChI is InChI=1S/C15H22/c1-9-7-10(2)14-11(3)12(4)15(5,6)13(14)8-9/h7-8,11-12H,1-6H3. The summed E-state index contributed by atoms with van der Waals surface area (Å²) in [6, 6.07) is 4.71. The molecule has 0 nitrogen and oxygen atoms in total. The molecule has 0 N–H and O–H groups in total. The highest BCUT2D eigenvalue weighted by atomic mass is 14.5. The van der Waals surface area contributed by atoms with Crippen LogP contribution in [0.3, 0.4) is 0 Å². The Morgan fingerprint density at radius 1 is 1.07 bits per heavy atom. The third-order valence-electron chi connectivity index (χ3n) is 4.57. The molecular formula is C15H22. The third-order valence-corrected chi connectivity index (χ3v) is 4.57. The first-order valence-electron chi connectivity index (χ1n) is 5.97. The monoisotopic (exact) mass is 202 g/mol. The van der Waals surface area contributed by atoms with Gasteiger partial charge in [0.2, 0.25) is 0 Å². The molecule has 1 aliphatic rings. The Kier molecular flexibility index (Phi) is 2.22. The number of hydrogen-bond donors (Lipinski definition) is 0. The first-order chi connectivity index (χ1) is 6.85. The maximum Gasteiger partial charge on any atom is -0.00692 e. The van der Waals surface area contributed by atoms with Crippen molar-refractivity contribution in [2.24, 2.45) is 5.92 Å². The minimum absolute atomic E-state index is 0.339. The van der Waals surface area contributed by atoms with Crippen LogP contribution in [0, 0.1) is 19.8 Å². The van der Waals surface area contributed by atoms with Gasteiger partial charge >= 0.3 is 0 Å². The zero-order chi connectivity index (χ0) is 11.4. The van der Waals surface area contributed by atoms with Crippen molar-refractivity contribution in [1.82, 2.24) is 0 Å². The molecule has 1 aromatic carbocycles. The van der Waals surface area contributed by atoms with Crippen LogP contribution in [0.2, 0.25) is 0 Å². The van der Waals surface area contributed by atoms with Crippen molar-refractivity contribution in [3.8, 4) is 0 Å². The van der Waals surface area contributed by atoms with Gasteiger partial charge in [-0.05, 0) is 47.8 Å². The van der Waals surface area contributed by atoms with Gasteiger partial charge in [0, 0.05) is 0 Å². The number of hydrogen-bond acceptors (Lipinski definition) is 0. The van der Waals surface area contributed by atoms with Crippen LogP contribution in [0.25, 0.3) is 0 Å². The maximum atomic E-state index is 2.39. The summed E-state index contributed by atoms with van der Waals surface area (Å²) in [4.78, 5) is 0. The molecule has 2 unspecified atom stereocenters. The fourth-order valence-electron chi connectivity index (χ4n) is 3.24. The fraction of sp³-hybridized carbons (Fsp3) is 0.600. The van der Waals surface area contributed by atoms with E-state index in [2.05, 4.69) is 53.7 Å². The smallest absolute Gasteiger partial charge is 0.00692 e. The van der Waals surface area contributed by atoms with Gasteiger partial charge < -0.3 is 0 Å². The van der Waals surface area contributed by atoms with Gasteiger partial charge in [0.25, 0.3) is 0 Å². The molecule has 0 fully saturated rings. The molecule has 0 aromatic heterocycles. The molecule has 0 aliphatic heterocycles. The predicted octanol–water partition coefficient (Wildman–Crippen LogP) is 4.33. The van der Waals surface area contributed by atoms with Crippen molar-refractivity contribution in [3.05, 3.63) is 34.4 Å². The number of rotatable bonds is 0. The minimum Gasteiger partial charge on any atom is -0.0611 e. The van der Waals surface area contributed by atoms with Gasteiger partial charge in [-0.25, -0.2) is 0 Å². The molecule has 2 rings (SSSR count). The fourth-order valence-corrected chi connectivity index (χ4v) is 3.24. The van der Waals surface area contributed by atoms with Crippen LogP contribution >= 0.6 is 0 Å². The number of benzene rings is 1. The van der Waals surface area contributed by atoms with Crippen molar-refractivity contribution in [2.75, 3.05) is 0 Å². The third kappa shape index (κ3) is 1.34. The van der Waals surface area contributed by atoms with Crippen LogP contribution in [0.15, 0.2) is 12.1 Å². The summed E-state index contributed by atoms with van der Waals surface area (Å²) in [5.74, 6) is 1.45. The summed E-state index contributed by atoms with van der Waals surface area (Å²) in [7, 11) is 0. The van der Waals surface area contributed by atoms with Gasteiger partial charge in [0.1, 0.15) is 0 Å². The van der Waals surface area contributed by atoms with E-state index in [0.29, 0.717) is 11.3 Å². The predicted molar refractivity (Wildman–Crippen MR) is 66.5 cm³/mol. The highest BCUT2D eigenvalue weighted by Crippen LogP contribution is 2.51. The van der Waals surface area contributed by atoms with Crippen molar-refractivity contribution in [3.63, 3.8) is 0 Å². The first-order valence-corrected chi connectivity index (χ1v) is 5.97. The maximum absolute atomic E-state index is 2.39. The first kappa shape index (κ1) is 10.7. The molecule has 0 saturated carbocycles. The molecule has 15 heavy (non-hydrogen) atoms. The molecule has 1 aliphatic carbocycles. The topological polar surface area (TPSA) is 0 Å². The number of aryl methyl sites for hydroxylation is 2. The average molecular weight is 202 g/mol. The van der Waals surface area contributed by atoms with Gasteiger partial charge in [0.15, 0.2) is 0 Å². The Morgan fingerprint density at radius 2 is 1.67 bits per heavy atom. The van der Waals surface area contributed by atoms with Crippen molar-refractivity contribution < 1.29 is 0 Å². The van der Waals surface area contributed by atoms with Gasteiger partial charge in [-0.1, -0.05) is 45.4 Å². The van der Waals surface area contributed by atoms with Crippen molar-refractivity contribution in [1.29, 1.82) is 0 Å². The zero-order valence-corrected chi connectivity index (χ0v) is 10.8. The van der Waals surface area contributed by atoms with Crippen LogP contribution in [0.5, 0.6) is 0 Å². The summed E-state index contributed by atoms with van der Waals surface area (Å²) < 4.78 is 0. The molecule has 2 atom stereocenters. The molecule has 0 saturated heterocycles. The molecule has 0 heterocycles. The molecule has 0 bridgehead atoms. The SMILES string of the molecule is Cc1cc(C)c2c(c1)C(C)(C)C(C)C2C. The molecule has 82 valence electrons. The molecule has 0 spiro atoms. The van der Waals surface area contributed by atoms with Gasteiger partial charge in [-0.15, -0.1) is 0 Å². The molecule has 0 heteroatoms. The summed E-state index contributed by atoms with van der Waals surface area (Å²) in [5, 5.41) is 0. The highest BCUT2D eigenvalue weighted by molar-refractivity contribution is 5.49.